The fraction of sp³-hybridized carbons (Fsp3) is 0.258. The van der Waals surface area contributed by atoms with Gasteiger partial charge in [-0.25, -0.2) is 0 Å². The van der Waals surface area contributed by atoms with Gasteiger partial charge in [0, 0.05) is 36.1 Å². The molecule has 0 radical (unpaired) electrons. The second kappa shape index (κ2) is 13.2. The molecule has 1 aliphatic rings. The SMILES string of the molecule is CCc1ccc(NC(=O)CN2C(=O)S/C(=C/c3ccc(N(CC)CC)cc3OCc3ccccc3)C2=O)cc1. The number of benzene rings is 3. The van der Waals surface area contributed by atoms with Gasteiger partial charge in [-0.2, -0.15) is 0 Å². The highest BCUT2D eigenvalue weighted by Gasteiger charge is 2.36. The van der Waals surface area contributed by atoms with Crippen molar-refractivity contribution in [2.75, 3.05) is 29.9 Å². The van der Waals surface area contributed by atoms with E-state index in [-0.39, 0.29) is 11.4 Å². The molecule has 0 aliphatic carbocycles. The summed E-state index contributed by atoms with van der Waals surface area (Å²) >= 11 is 0.825. The van der Waals surface area contributed by atoms with E-state index < -0.39 is 17.1 Å². The number of aryl methyl sites for hydroxylation is 1. The third-order valence-corrected chi connectivity index (χ3v) is 7.38. The Morgan fingerprint density at radius 2 is 1.67 bits per heavy atom. The first-order valence-electron chi connectivity index (χ1n) is 13.1. The number of anilines is 2. The van der Waals surface area contributed by atoms with Crippen molar-refractivity contribution in [2.24, 2.45) is 0 Å². The molecule has 0 unspecified atom stereocenters. The molecular formula is C31H33N3O4S. The number of nitrogens with one attached hydrogen (secondary N) is 1. The lowest BCUT2D eigenvalue weighted by Gasteiger charge is -2.22. The van der Waals surface area contributed by atoms with Gasteiger partial charge in [-0.05, 0) is 73.5 Å². The van der Waals surface area contributed by atoms with Crippen LogP contribution in [0.2, 0.25) is 0 Å². The van der Waals surface area contributed by atoms with Gasteiger partial charge in [-0.1, -0.05) is 49.4 Å². The van der Waals surface area contributed by atoms with Gasteiger partial charge < -0.3 is 15.0 Å². The average Bonchev–Trinajstić information content (AvgIpc) is 3.21. The van der Waals surface area contributed by atoms with Crippen molar-refractivity contribution in [1.82, 2.24) is 4.90 Å². The van der Waals surface area contributed by atoms with Crippen molar-refractivity contribution < 1.29 is 19.1 Å². The van der Waals surface area contributed by atoms with Crippen LogP contribution in [0.5, 0.6) is 5.75 Å². The minimum atomic E-state index is -0.497. The smallest absolute Gasteiger partial charge is 0.294 e. The lowest BCUT2D eigenvalue weighted by molar-refractivity contribution is -0.127. The number of carbonyl (C=O) groups is 3. The Kier molecular flexibility index (Phi) is 9.44. The molecule has 3 aromatic rings. The number of thioether (sulfide) groups is 1. The van der Waals surface area contributed by atoms with Crippen molar-refractivity contribution in [3.05, 3.63) is 94.4 Å². The Hall–Kier alpha value is -4.04. The molecule has 0 saturated carbocycles. The van der Waals surface area contributed by atoms with E-state index in [9.17, 15) is 14.4 Å². The maximum Gasteiger partial charge on any atom is 0.294 e. The highest BCUT2D eigenvalue weighted by atomic mass is 32.2. The van der Waals surface area contributed by atoms with E-state index in [4.69, 9.17) is 4.74 Å². The van der Waals surface area contributed by atoms with Crippen molar-refractivity contribution >= 4 is 46.3 Å². The van der Waals surface area contributed by atoms with Crippen molar-refractivity contribution in [1.29, 1.82) is 0 Å². The number of amides is 3. The standard InChI is InChI=1S/C31H33N3O4S/c1-4-22-12-15-25(16-13-22)32-29(35)20-34-30(36)28(39-31(34)37)18-24-14-17-26(33(5-2)6-3)19-27(24)38-21-23-10-8-7-9-11-23/h7-19H,4-6,20-21H2,1-3H3,(H,32,35)/b28-18+. The highest BCUT2D eigenvalue weighted by molar-refractivity contribution is 8.18. The van der Waals surface area contributed by atoms with Crippen molar-refractivity contribution in [3.8, 4) is 5.75 Å². The van der Waals surface area contributed by atoms with E-state index in [0.717, 1.165) is 53.0 Å². The Labute approximate surface area is 233 Å². The second-order valence-electron chi connectivity index (χ2n) is 9.04. The zero-order valence-electron chi connectivity index (χ0n) is 22.5. The van der Waals surface area contributed by atoms with Crippen LogP contribution in [0.3, 0.4) is 0 Å². The number of nitrogens with zero attached hydrogens (tertiary/aromatic N) is 2. The molecule has 1 fully saturated rings. The summed E-state index contributed by atoms with van der Waals surface area (Å²) in [6.45, 7) is 7.94. The molecular weight excluding hydrogens is 510 g/mol. The van der Waals surface area contributed by atoms with Crippen molar-refractivity contribution in [3.63, 3.8) is 0 Å². The van der Waals surface area contributed by atoms with Crippen LogP contribution >= 0.6 is 11.8 Å². The first-order valence-corrected chi connectivity index (χ1v) is 13.9. The molecule has 202 valence electrons. The minimum Gasteiger partial charge on any atom is -0.488 e. The van der Waals surface area contributed by atoms with Crippen molar-refractivity contribution in [2.45, 2.75) is 33.8 Å². The summed E-state index contributed by atoms with van der Waals surface area (Å²) in [5, 5.41) is 2.28. The summed E-state index contributed by atoms with van der Waals surface area (Å²) < 4.78 is 6.20. The number of hydrogen-bond donors (Lipinski definition) is 1. The van der Waals surface area contributed by atoms with E-state index in [1.807, 2.05) is 72.8 Å². The highest BCUT2D eigenvalue weighted by Crippen LogP contribution is 2.35. The van der Waals surface area contributed by atoms with Crippen LogP contribution in [0.15, 0.2) is 77.7 Å². The quantitative estimate of drug-likeness (QED) is 0.284. The second-order valence-corrected chi connectivity index (χ2v) is 10.0. The van der Waals surface area contributed by atoms with Crippen LogP contribution in [0.1, 0.15) is 37.5 Å². The molecule has 0 aromatic heterocycles. The molecule has 4 rings (SSSR count). The van der Waals surface area contributed by atoms with Crippen LogP contribution in [0, 0.1) is 0 Å². The monoisotopic (exact) mass is 543 g/mol. The molecule has 1 heterocycles. The molecule has 8 heteroatoms. The lowest BCUT2D eigenvalue weighted by Crippen LogP contribution is -2.36. The third-order valence-electron chi connectivity index (χ3n) is 6.47. The van der Waals surface area contributed by atoms with Gasteiger partial charge >= 0.3 is 0 Å². The van der Waals surface area contributed by atoms with Gasteiger partial charge in [-0.3, -0.25) is 19.3 Å². The fourth-order valence-electron chi connectivity index (χ4n) is 4.23. The number of hydrogen-bond acceptors (Lipinski definition) is 6. The summed E-state index contributed by atoms with van der Waals surface area (Å²) in [7, 11) is 0. The molecule has 1 saturated heterocycles. The van der Waals surface area contributed by atoms with Gasteiger partial charge in [0.05, 0.1) is 4.91 Å². The van der Waals surface area contributed by atoms with E-state index in [2.05, 4.69) is 31.0 Å². The van der Waals surface area contributed by atoms with Gasteiger partial charge in [0.25, 0.3) is 11.1 Å². The summed E-state index contributed by atoms with van der Waals surface area (Å²) in [6.07, 6.45) is 2.56. The van der Waals surface area contributed by atoms with E-state index in [1.165, 1.54) is 0 Å². The molecule has 1 aliphatic heterocycles. The summed E-state index contributed by atoms with van der Waals surface area (Å²) in [4.78, 5) is 41.9. The Balaban J connectivity index is 1.52. The Morgan fingerprint density at radius 1 is 0.949 bits per heavy atom. The molecule has 39 heavy (non-hydrogen) atoms. The molecule has 0 spiro atoms. The number of carbonyl (C=O) groups excluding carboxylic acids is 3. The molecule has 7 nitrogen and oxygen atoms in total. The van der Waals surface area contributed by atoms with E-state index >= 15 is 0 Å². The maximum atomic E-state index is 13.1. The largest absolute Gasteiger partial charge is 0.488 e. The maximum absolute atomic E-state index is 13.1. The fourth-order valence-corrected chi connectivity index (χ4v) is 5.06. The zero-order chi connectivity index (χ0) is 27.8. The van der Waals surface area contributed by atoms with Crippen LogP contribution in [0.25, 0.3) is 6.08 Å². The average molecular weight is 544 g/mol. The summed E-state index contributed by atoms with van der Waals surface area (Å²) in [5.74, 6) is -0.315. The predicted octanol–water partition coefficient (Wildman–Crippen LogP) is 6.35. The van der Waals surface area contributed by atoms with E-state index in [1.54, 1.807) is 6.08 Å². The van der Waals surface area contributed by atoms with Crippen LogP contribution < -0.4 is 15.0 Å². The number of rotatable bonds is 11. The van der Waals surface area contributed by atoms with E-state index in [0.29, 0.717) is 23.6 Å². The Morgan fingerprint density at radius 3 is 2.33 bits per heavy atom. The Bertz CT molecular complexity index is 1350. The lowest BCUT2D eigenvalue weighted by atomic mass is 10.1. The van der Waals surface area contributed by atoms with Gasteiger partial charge in [0.15, 0.2) is 0 Å². The van der Waals surface area contributed by atoms with Crippen LogP contribution in [0.4, 0.5) is 16.2 Å². The van der Waals surface area contributed by atoms with Gasteiger partial charge in [-0.15, -0.1) is 0 Å². The van der Waals surface area contributed by atoms with Gasteiger partial charge in [0.2, 0.25) is 5.91 Å². The summed E-state index contributed by atoms with van der Waals surface area (Å²) in [5.41, 5.74) is 4.49. The minimum absolute atomic E-state index is 0.250. The normalized spacial score (nSPS) is 14.1. The summed E-state index contributed by atoms with van der Waals surface area (Å²) in [6, 6.07) is 23.2. The van der Waals surface area contributed by atoms with Crippen LogP contribution in [-0.2, 0) is 22.6 Å². The molecule has 3 amide bonds. The zero-order valence-corrected chi connectivity index (χ0v) is 23.3. The number of ether oxygens (including phenoxy) is 1. The molecule has 0 bridgehead atoms. The third kappa shape index (κ3) is 7.09. The molecule has 0 atom stereocenters. The van der Waals surface area contributed by atoms with Crippen LogP contribution in [-0.4, -0.2) is 41.6 Å². The topological polar surface area (TPSA) is 79.0 Å². The molecule has 3 aromatic carbocycles. The first kappa shape index (κ1) is 28.0. The predicted molar refractivity (Wildman–Crippen MR) is 158 cm³/mol. The first-order chi connectivity index (χ1) is 18.9. The van der Waals surface area contributed by atoms with Gasteiger partial charge in [0.1, 0.15) is 18.9 Å². The number of imide groups is 1. The molecule has 1 N–H and O–H groups in total.